The summed E-state index contributed by atoms with van der Waals surface area (Å²) in [6, 6.07) is 7.25. The van der Waals surface area contributed by atoms with Crippen LogP contribution in [0.4, 0.5) is 0 Å². The first kappa shape index (κ1) is 16.1. The number of primary sulfonamides is 1. The third-order valence-corrected chi connectivity index (χ3v) is 4.33. The third-order valence-electron chi connectivity index (χ3n) is 3.40. The molecule has 1 aromatic carbocycles. The molecule has 1 aromatic rings. The van der Waals surface area contributed by atoms with Crippen LogP contribution in [0.3, 0.4) is 0 Å². The van der Waals surface area contributed by atoms with E-state index in [4.69, 9.17) is 5.14 Å². The number of sulfonamides is 1. The zero-order valence-electron chi connectivity index (χ0n) is 11.9. The standard InChI is InChI=1S/C14H24N2O2S/c1-4-10-16-11(3)14(5-2)12-6-8-13(9-7-12)19(15,17)18/h6-9,11,14,16H,4-5,10H2,1-3H3,(H2,15,17,18). The molecule has 5 heteroatoms. The molecule has 0 radical (unpaired) electrons. The predicted molar refractivity (Wildman–Crippen MR) is 78.6 cm³/mol. The quantitative estimate of drug-likeness (QED) is 0.806. The minimum absolute atomic E-state index is 0.167. The molecule has 0 aliphatic rings. The lowest BCUT2D eigenvalue weighted by atomic mass is 9.90. The minimum Gasteiger partial charge on any atom is -0.314 e. The van der Waals surface area contributed by atoms with E-state index >= 15 is 0 Å². The van der Waals surface area contributed by atoms with Gasteiger partial charge in [-0.05, 0) is 49.9 Å². The molecule has 0 heterocycles. The Hall–Kier alpha value is -0.910. The molecule has 0 aliphatic carbocycles. The van der Waals surface area contributed by atoms with Crippen LogP contribution in [0.2, 0.25) is 0 Å². The summed E-state index contributed by atoms with van der Waals surface area (Å²) in [6.07, 6.45) is 2.11. The summed E-state index contributed by atoms with van der Waals surface area (Å²) in [6.45, 7) is 7.44. The van der Waals surface area contributed by atoms with E-state index in [0.29, 0.717) is 12.0 Å². The summed E-state index contributed by atoms with van der Waals surface area (Å²) < 4.78 is 22.4. The first-order valence-electron chi connectivity index (χ1n) is 6.76. The van der Waals surface area contributed by atoms with E-state index in [-0.39, 0.29) is 4.90 Å². The van der Waals surface area contributed by atoms with Gasteiger partial charge in [-0.25, -0.2) is 13.6 Å². The first-order chi connectivity index (χ1) is 8.90. The maximum Gasteiger partial charge on any atom is 0.238 e. The van der Waals surface area contributed by atoms with Crippen molar-refractivity contribution in [3.63, 3.8) is 0 Å². The van der Waals surface area contributed by atoms with E-state index in [2.05, 4.69) is 26.1 Å². The average molecular weight is 284 g/mol. The van der Waals surface area contributed by atoms with Gasteiger partial charge in [0.05, 0.1) is 4.90 Å². The lowest BCUT2D eigenvalue weighted by molar-refractivity contribution is 0.450. The van der Waals surface area contributed by atoms with Crippen LogP contribution in [0, 0.1) is 0 Å². The summed E-state index contributed by atoms with van der Waals surface area (Å²) >= 11 is 0. The van der Waals surface area contributed by atoms with Crippen molar-refractivity contribution in [1.29, 1.82) is 0 Å². The van der Waals surface area contributed by atoms with Crippen LogP contribution >= 0.6 is 0 Å². The lowest BCUT2D eigenvalue weighted by Gasteiger charge is -2.24. The van der Waals surface area contributed by atoms with Crippen LogP contribution in [0.25, 0.3) is 0 Å². The number of nitrogens with one attached hydrogen (secondary N) is 1. The zero-order valence-corrected chi connectivity index (χ0v) is 12.7. The highest BCUT2D eigenvalue weighted by Gasteiger charge is 2.17. The molecule has 2 atom stereocenters. The van der Waals surface area contributed by atoms with E-state index in [0.717, 1.165) is 24.9 Å². The molecule has 0 saturated heterocycles. The van der Waals surface area contributed by atoms with Gasteiger partial charge in [-0.3, -0.25) is 0 Å². The normalized spacial score (nSPS) is 15.2. The van der Waals surface area contributed by atoms with Gasteiger partial charge in [-0.1, -0.05) is 26.0 Å². The van der Waals surface area contributed by atoms with Crippen molar-refractivity contribution in [2.24, 2.45) is 5.14 Å². The molecule has 0 aromatic heterocycles. The molecule has 0 fully saturated rings. The smallest absolute Gasteiger partial charge is 0.238 e. The van der Waals surface area contributed by atoms with Gasteiger partial charge in [0, 0.05) is 6.04 Å². The minimum atomic E-state index is -3.60. The molecule has 0 bridgehead atoms. The predicted octanol–water partition coefficient (Wildman–Crippen LogP) is 2.22. The molecule has 0 saturated carbocycles. The fourth-order valence-electron chi connectivity index (χ4n) is 2.30. The van der Waals surface area contributed by atoms with Crippen LogP contribution in [-0.2, 0) is 10.0 Å². The van der Waals surface area contributed by atoms with Crippen molar-refractivity contribution in [2.75, 3.05) is 6.54 Å². The van der Waals surface area contributed by atoms with Crippen molar-refractivity contribution in [3.8, 4) is 0 Å². The van der Waals surface area contributed by atoms with Crippen molar-refractivity contribution in [1.82, 2.24) is 5.32 Å². The van der Waals surface area contributed by atoms with Gasteiger partial charge < -0.3 is 5.32 Å². The first-order valence-corrected chi connectivity index (χ1v) is 8.30. The summed E-state index contributed by atoms with van der Waals surface area (Å²) in [5.41, 5.74) is 1.14. The molecule has 0 spiro atoms. The van der Waals surface area contributed by atoms with Gasteiger partial charge in [0.2, 0.25) is 10.0 Å². The third kappa shape index (κ3) is 4.60. The summed E-state index contributed by atoms with van der Waals surface area (Å²) in [5.74, 6) is 0.376. The highest BCUT2D eigenvalue weighted by molar-refractivity contribution is 7.89. The molecule has 1 rings (SSSR count). The molecule has 0 amide bonds. The Balaban J connectivity index is 2.88. The molecule has 19 heavy (non-hydrogen) atoms. The van der Waals surface area contributed by atoms with Gasteiger partial charge in [-0.15, -0.1) is 0 Å². The van der Waals surface area contributed by atoms with Crippen LogP contribution in [0.5, 0.6) is 0 Å². The monoisotopic (exact) mass is 284 g/mol. The number of rotatable bonds is 7. The Labute approximate surface area is 116 Å². The van der Waals surface area contributed by atoms with Crippen LogP contribution in [0.1, 0.15) is 45.1 Å². The Morgan fingerprint density at radius 3 is 2.21 bits per heavy atom. The van der Waals surface area contributed by atoms with Crippen LogP contribution < -0.4 is 10.5 Å². The zero-order chi connectivity index (χ0) is 14.5. The molecule has 3 N–H and O–H groups in total. The number of hydrogen-bond acceptors (Lipinski definition) is 3. The Morgan fingerprint density at radius 1 is 1.21 bits per heavy atom. The molecule has 108 valence electrons. The van der Waals surface area contributed by atoms with Crippen molar-refractivity contribution < 1.29 is 8.42 Å². The summed E-state index contributed by atoms with van der Waals surface area (Å²) in [7, 11) is -3.60. The van der Waals surface area contributed by atoms with Gasteiger partial charge >= 0.3 is 0 Å². The second kappa shape index (κ2) is 7.03. The van der Waals surface area contributed by atoms with Crippen molar-refractivity contribution in [3.05, 3.63) is 29.8 Å². The maximum atomic E-state index is 11.2. The topological polar surface area (TPSA) is 72.2 Å². The molecule has 0 aliphatic heterocycles. The lowest BCUT2D eigenvalue weighted by Crippen LogP contribution is -2.32. The van der Waals surface area contributed by atoms with E-state index in [9.17, 15) is 8.42 Å². The Kier molecular flexibility index (Phi) is 5.97. The fraction of sp³-hybridized carbons (Fsp3) is 0.571. The molecule has 4 nitrogen and oxygen atoms in total. The SMILES string of the molecule is CCCNC(C)C(CC)c1ccc(S(N)(=O)=O)cc1. The maximum absolute atomic E-state index is 11.2. The largest absolute Gasteiger partial charge is 0.314 e. The fourth-order valence-corrected chi connectivity index (χ4v) is 2.81. The highest BCUT2D eigenvalue weighted by Crippen LogP contribution is 2.24. The van der Waals surface area contributed by atoms with Gasteiger partial charge in [0.1, 0.15) is 0 Å². The summed E-state index contributed by atoms with van der Waals surface area (Å²) in [4.78, 5) is 0.167. The van der Waals surface area contributed by atoms with Crippen molar-refractivity contribution in [2.45, 2.75) is 50.5 Å². The van der Waals surface area contributed by atoms with E-state index in [1.54, 1.807) is 12.1 Å². The molecule has 2 unspecified atom stereocenters. The second-order valence-corrected chi connectivity index (χ2v) is 6.43. The highest BCUT2D eigenvalue weighted by atomic mass is 32.2. The van der Waals surface area contributed by atoms with Crippen LogP contribution in [0.15, 0.2) is 29.2 Å². The van der Waals surface area contributed by atoms with Crippen LogP contribution in [-0.4, -0.2) is 21.0 Å². The van der Waals surface area contributed by atoms with Gasteiger partial charge in [0.25, 0.3) is 0 Å². The van der Waals surface area contributed by atoms with Crippen molar-refractivity contribution >= 4 is 10.0 Å². The number of hydrogen-bond donors (Lipinski definition) is 2. The molecular weight excluding hydrogens is 260 g/mol. The van der Waals surface area contributed by atoms with E-state index < -0.39 is 10.0 Å². The van der Waals surface area contributed by atoms with E-state index in [1.165, 1.54) is 0 Å². The van der Waals surface area contributed by atoms with E-state index in [1.807, 2.05) is 12.1 Å². The van der Waals surface area contributed by atoms with Gasteiger partial charge in [-0.2, -0.15) is 0 Å². The van der Waals surface area contributed by atoms with Gasteiger partial charge in [0.15, 0.2) is 0 Å². The average Bonchev–Trinajstić information content (AvgIpc) is 2.37. The number of benzene rings is 1. The Morgan fingerprint density at radius 2 is 1.79 bits per heavy atom. The summed E-state index contributed by atoms with van der Waals surface area (Å²) in [5, 5.41) is 8.58. The molecular formula is C14H24N2O2S. The number of nitrogens with two attached hydrogens (primary N) is 1. The Bertz CT molecular complexity index is 483. The second-order valence-electron chi connectivity index (χ2n) is 4.87.